The molecular formula is C12H14O2. The predicted octanol–water partition coefficient (Wildman–Crippen LogP) is 2.38. The molecule has 0 amide bonds. The lowest BCUT2D eigenvalue weighted by Crippen LogP contribution is -2.03. The van der Waals surface area contributed by atoms with Crippen LogP contribution in [0.2, 0.25) is 0 Å². The SMILES string of the molecule is Cc1cc(C)c(C(=O)CC=O)cc1C. The molecule has 0 saturated carbocycles. The van der Waals surface area contributed by atoms with Gasteiger partial charge in [0.05, 0.1) is 6.42 Å². The third kappa shape index (κ3) is 2.08. The molecule has 2 heteroatoms. The minimum Gasteiger partial charge on any atom is -0.303 e. The number of carbonyl (C=O) groups excluding carboxylic acids is 2. The average molecular weight is 190 g/mol. The van der Waals surface area contributed by atoms with Crippen LogP contribution in [0, 0.1) is 20.8 Å². The molecule has 1 aromatic rings. The van der Waals surface area contributed by atoms with E-state index in [1.54, 1.807) is 0 Å². The summed E-state index contributed by atoms with van der Waals surface area (Å²) >= 11 is 0. The molecule has 0 N–H and O–H groups in total. The molecule has 0 bridgehead atoms. The van der Waals surface area contributed by atoms with Crippen molar-refractivity contribution in [3.8, 4) is 0 Å². The van der Waals surface area contributed by atoms with E-state index >= 15 is 0 Å². The summed E-state index contributed by atoms with van der Waals surface area (Å²) in [7, 11) is 0. The summed E-state index contributed by atoms with van der Waals surface area (Å²) in [6.07, 6.45) is 0.625. The number of carbonyl (C=O) groups is 2. The van der Waals surface area contributed by atoms with Crippen LogP contribution in [0.15, 0.2) is 12.1 Å². The first-order valence-corrected chi connectivity index (χ1v) is 4.61. The summed E-state index contributed by atoms with van der Waals surface area (Å²) in [5.41, 5.74) is 3.87. The molecule has 0 spiro atoms. The second kappa shape index (κ2) is 4.18. The van der Waals surface area contributed by atoms with E-state index in [-0.39, 0.29) is 12.2 Å². The van der Waals surface area contributed by atoms with E-state index in [9.17, 15) is 9.59 Å². The van der Waals surface area contributed by atoms with E-state index in [0.717, 1.165) is 11.1 Å². The van der Waals surface area contributed by atoms with E-state index in [1.807, 2.05) is 32.9 Å². The largest absolute Gasteiger partial charge is 0.303 e. The van der Waals surface area contributed by atoms with Crippen molar-refractivity contribution in [2.75, 3.05) is 0 Å². The summed E-state index contributed by atoms with van der Waals surface area (Å²) in [4.78, 5) is 21.7. The van der Waals surface area contributed by atoms with Crippen LogP contribution in [-0.4, -0.2) is 12.1 Å². The smallest absolute Gasteiger partial charge is 0.170 e. The second-order valence-electron chi connectivity index (χ2n) is 3.55. The summed E-state index contributed by atoms with van der Waals surface area (Å²) in [6.45, 7) is 5.87. The number of rotatable bonds is 3. The topological polar surface area (TPSA) is 34.1 Å². The van der Waals surface area contributed by atoms with Gasteiger partial charge in [0.25, 0.3) is 0 Å². The van der Waals surface area contributed by atoms with Gasteiger partial charge in [0.2, 0.25) is 0 Å². The molecule has 0 unspecified atom stereocenters. The van der Waals surface area contributed by atoms with Gasteiger partial charge in [-0.3, -0.25) is 4.79 Å². The van der Waals surface area contributed by atoms with Crippen molar-refractivity contribution in [2.24, 2.45) is 0 Å². The van der Waals surface area contributed by atoms with Gasteiger partial charge in [-0.05, 0) is 43.5 Å². The molecule has 0 atom stereocenters. The van der Waals surface area contributed by atoms with Crippen molar-refractivity contribution in [1.82, 2.24) is 0 Å². The Morgan fingerprint density at radius 1 is 1.14 bits per heavy atom. The summed E-state index contributed by atoms with van der Waals surface area (Å²) in [6, 6.07) is 3.84. The van der Waals surface area contributed by atoms with Gasteiger partial charge in [0.15, 0.2) is 5.78 Å². The van der Waals surface area contributed by atoms with E-state index in [2.05, 4.69) is 0 Å². The van der Waals surface area contributed by atoms with Gasteiger partial charge in [-0.1, -0.05) is 6.07 Å². The molecule has 0 aliphatic heterocycles. The molecular weight excluding hydrogens is 176 g/mol. The van der Waals surface area contributed by atoms with Crippen LogP contribution in [0.4, 0.5) is 0 Å². The fourth-order valence-electron chi connectivity index (χ4n) is 1.45. The zero-order valence-electron chi connectivity index (χ0n) is 8.76. The Bertz CT molecular complexity index is 378. The fourth-order valence-corrected chi connectivity index (χ4v) is 1.45. The molecule has 0 radical (unpaired) electrons. The number of hydrogen-bond donors (Lipinski definition) is 0. The highest BCUT2D eigenvalue weighted by Gasteiger charge is 2.09. The van der Waals surface area contributed by atoms with Crippen LogP contribution in [0.5, 0.6) is 0 Å². The lowest BCUT2D eigenvalue weighted by atomic mass is 9.97. The molecule has 0 aliphatic carbocycles. The van der Waals surface area contributed by atoms with Crippen molar-refractivity contribution in [1.29, 1.82) is 0 Å². The van der Waals surface area contributed by atoms with Crippen LogP contribution in [0.25, 0.3) is 0 Å². The van der Waals surface area contributed by atoms with Crippen LogP contribution in [0.1, 0.15) is 33.5 Å². The zero-order valence-corrected chi connectivity index (χ0v) is 8.76. The minimum absolute atomic E-state index is 0.0245. The van der Waals surface area contributed by atoms with Crippen molar-refractivity contribution in [2.45, 2.75) is 27.2 Å². The Labute approximate surface area is 83.9 Å². The van der Waals surface area contributed by atoms with Crippen molar-refractivity contribution < 1.29 is 9.59 Å². The molecule has 1 rings (SSSR count). The molecule has 0 aliphatic rings. The molecule has 2 nitrogen and oxygen atoms in total. The molecule has 0 saturated heterocycles. The number of benzene rings is 1. The number of aryl methyl sites for hydroxylation is 3. The molecule has 0 heterocycles. The molecule has 74 valence electrons. The maximum atomic E-state index is 11.5. The maximum Gasteiger partial charge on any atom is 0.170 e. The Hall–Kier alpha value is -1.44. The first-order valence-electron chi connectivity index (χ1n) is 4.61. The highest BCUT2D eigenvalue weighted by atomic mass is 16.1. The highest BCUT2D eigenvalue weighted by molar-refractivity contribution is 6.03. The Kier molecular flexibility index (Phi) is 3.18. The summed E-state index contributed by atoms with van der Waals surface area (Å²) < 4.78 is 0. The maximum absolute atomic E-state index is 11.5. The van der Waals surface area contributed by atoms with Gasteiger partial charge in [0, 0.05) is 5.56 Å². The predicted molar refractivity (Wildman–Crippen MR) is 55.7 cm³/mol. The molecule has 0 aromatic heterocycles. The summed E-state index contributed by atoms with van der Waals surface area (Å²) in [5, 5.41) is 0. The standard InChI is InChI=1S/C12H14O2/c1-8-6-10(3)11(7-9(8)2)12(14)4-5-13/h5-7H,4H2,1-3H3. The third-order valence-corrected chi connectivity index (χ3v) is 2.41. The second-order valence-corrected chi connectivity index (χ2v) is 3.55. The number of ketones is 1. The molecule has 14 heavy (non-hydrogen) atoms. The lowest BCUT2D eigenvalue weighted by molar-refractivity contribution is -0.107. The minimum atomic E-state index is -0.0967. The molecule has 0 fully saturated rings. The lowest BCUT2D eigenvalue weighted by Gasteiger charge is -2.07. The van der Waals surface area contributed by atoms with Gasteiger partial charge in [-0.25, -0.2) is 0 Å². The normalized spacial score (nSPS) is 9.93. The van der Waals surface area contributed by atoms with Gasteiger partial charge < -0.3 is 4.79 Å². The Balaban J connectivity index is 3.15. The van der Waals surface area contributed by atoms with Crippen LogP contribution in [0.3, 0.4) is 0 Å². The highest BCUT2D eigenvalue weighted by Crippen LogP contribution is 2.16. The van der Waals surface area contributed by atoms with Gasteiger partial charge in [0.1, 0.15) is 6.29 Å². The first-order chi connectivity index (χ1) is 6.56. The Morgan fingerprint density at radius 2 is 1.71 bits per heavy atom. The number of Topliss-reactive ketones (excluding diaryl/α,β-unsaturated/α-hetero) is 1. The van der Waals surface area contributed by atoms with Gasteiger partial charge in [-0.15, -0.1) is 0 Å². The van der Waals surface area contributed by atoms with E-state index in [1.165, 1.54) is 5.56 Å². The fraction of sp³-hybridized carbons (Fsp3) is 0.333. The van der Waals surface area contributed by atoms with Gasteiger partial charge in [-0.2, -0.15) is 0 Å². The first kappa shape index (κ1) is 10.6. The zero-order chi connectivity index (χ0) is 10.7. The number of aldehydes is 1. The van der Waals surface area contributed by atoms with E-state index in [4.69, 9.17) is 0 Å². The van der Waals surface area contributed by atoms with Crippen molar-refractivity contribution in [3.63, 3.8) is 0 Å². The quantitative estimate of drug-likeness (QED) is 0.416. The van der Waals surface area contributed by atoms with Crippen molar-refractivity contribution >= 4 is 12.1 Å². The van der Waals surface area contributed by atoms with Crippen LogP contribution < -0.4 is 0 Å². The monoisotopic (exact) mass is 190 g/mol. The summed E-state index contributed by atoms with van der Waals surface area (Å²) in [5.74, 6) is -0.0967. The van der Waals surface area contributed by atoms with Crippen LogP contribution in [-0.2, 0) is 4.79 Å². The Morgan fingerprint density at radius 3 is 2.29 bits per heavy atom. The van der Waals surface area contributed by atoms with E-state index in [0.29, 0.717) is 11.8 Å². The van der Waals surface area contributed by atoms with Gasteiger partial charge >= 0.3 is 0 Å². The number of hydrogen-bond acceptors (Lipinski definition) is 2. The van der Waals surface area contributed by atoms with Crippen LogP contribution >= 0.6 is 0 Å². The third-order valence-electron chi connectivity index (χ3n) is 2.41. The van der Waals surface area contributed by atoms with E-state index < -0.39 is 0 Å². The average Bonchev–Trinajstić information content (AvgIpc) is 2.11. The molecule has 1 aromatic carbocycles. The van der Waals surface area contributed by atoms with Crippen molar-refractivity contribution in [3.05, 3.63) is 34.4 Å².